The molecule has 1 aliphatic heterocycles. The number of hydrogen-bond acceptors (Lipinski definition) is 5. The van der Waals surface area contributed by atoms with Crippen LogP contribution in [0.5, 0.6) is 5.75 Å². The molecule has 1 aromatic heterocycles. The molecule has 2 heterocycles. The highest BCUT2D eigenvalue weighted by atomic mass is 16.5. The van der Waals surface area contributed by atoms with Gasteiger partial charge in [0, 0.05) is 39.3 Å². The predicted octanol–water partition coefficient (Wildman–Crippen LogP) is 2.20. The molecule has 0 bridgehead atoms. The van der Waals surface area contributed by atoms with Gasteiger partial charge >= 0.3 is 0 Å². The van der Waals surface area contributed by atoms with Crippen molar-refractivity contribution in [3.05, 3.63) is 53.6 Å². The van der Waals surface area contributed by atoms with Crippen LogP contribution in [0, 0.1) is 6.92 Å². The van der Waals surface area contributed by atoms with Gasteiger partial charge < -0.3 is 9.64 Å². The Morgan fingerprint density at radius 3 is 2.64 bits per heavy atom. The lowest BCUT2D eigenvalue weighted by atomic mass is 10.0. The molecular weight excluding hydrogens is 316 g/mol. The third kappa shape index (κ3) is 4.14. The molecule has 3 rings (SSSR count). The molecule has 1 saturated heterocycles. The van der Waals surface area contributed by atoms with E-state index in [1.165, 1.54) is 5.56 Å². The minimum Gasteiger partial charge on any atom is -0.497 e. The smallest absolute Gasteiger partial charge is 0.219 e. The molecule has 0 aliphatic carbocycles. The molecule has 132 valence electrons. The van der Waals surface area contributed by atoms with Crippen LogP contribution in [0.3, 0.4) is 0 Å². The number of nitrogens with zero attached hydrogens (tertiary/aromatic N) is 4. The van der Waals surface area contributed by atoms with Gasteiger partial charge in [-0.3, -0.25) is 9.69 Å². The van der Waals surface area contributed by atoms with Gasteiger partial charge in [0.05, 0.1) is 18.8 Å². The number of aromatic nitrogens is 2. The molecule has 1 amide bonds. The second kappa shape index (κ2) is 7.61. The van der Waals surface area contributed by atoms with Crippen LogP contribution in [-0.2, 0) is 11.3 Å². The first-order valence-corrected chi connectivity index (χ1v) is 8.49. The summed E-state index contributed by atoms with van der Waals surface area (Å²) < 4.78 is 5.26. The lowest BCUT2D eigenvalue weighted by molar-refractivity contribution is -0.132. The molecule has 1 aromatic carbocycles. The van der Waals surface area contributed by atoms with Gasteiger partial charge in [0.2, 0.25) is 5.91 Å². The van der Waals surface area contributed by atoms with Crippen LogP contribution >= 0.6 is 0 Å². The van der Waals surface area contributed by atoms with Crippen LogP contribution in [0.15, 0.2) is 36.5 Å². The lowest BCUT2D eigenvalue weighted by Crippen LogP contribution is -2.49. The minimum absolute atomic E-state index is 0.121. The molecule has 1 aliphatic rings. The Kier molecular flexibility index (Phi) is 5.28. The molecule has 25 heavy (non-hydrogen) atoms. The molecule has 2 aromatic rings. The quantitative estimate of drug-likeness (QED) is 0.854. The average Bonchev–Trinajstić information content (AvgIpc) is 2.62. The van der Waals surface area contributed by atoms with Crippen molar-refractivity contribution in [2.45, 2.75) is 26.4 Å². The van der Waals surface area contributed by atoms with E-state index in [0.717, 1.165) is 36.9 Å². The number of aryl methyl sites for hydroxylation is 1. The van der Waals surface area contributed by atoms with Gasteiger partial charge in [0.1, 0.15) is 11.6 Å². The van der Waals surface area contributed by atoms with E-state index < -0.39 is 0 Å². The van der Waals surface area contributed by atoms with Crippen LogP contribution in [0.2, 0.25) is 0 Å². The minimum atomic E-state index is 0.121. The highest BCUT2D eigenvalue weighted by Crippen LogP contribution is 2.28. The van der Waals surface area contributed by atoms with Crippen molar-refractivity contribution in [2.75, 3.05) is 26.7 Å². The summed E-state index contributed by atoms with van der Waals surface area (Å²) in [5.41, 5.74) is 2.18. The summed E-state index contributed by atoms with van der Waals surface area (Å²) in [5.74, 6) is 1.73. The Morgan fingerprint density at radius 1 is 1.24 bits per heavy atom. The zero-order valence-corrected chi connectivity index (χ0v) is 15.0. The summed E-state index contributed by atoms with van der Waals surface area (Å²) in [6.45, 7) is 6.52. The van der Waals surface area contributed by atoms with Crippen LogP contribution in [-0.4, -0.2) is 52.4 Å². The second-order valence-electron chi connectivity index (χ2n) is 6.32. The molecule has 1 unspecified atom stereocenters. The van der Waals surface area contributed by atoms with E-state index in [2.05, 4.69) is 27.0 Å². The van der Waals surface area contributed by atoms with Crippen LogP contribution in [0.4, 0.5) is 0 Å². The number of benzene rings is 1. The van der Waals surface area contributed by atoms with Gasteiger partial charge in [-0.1, -0.05) is 12.1 Å². The lowest BCUT2D eigenvalue weighted by Gasteiger charge is -2.41. The predicted molar refractivity (Wildman–Crippen MR) is 95.2 cm³/mol. The van der Waals surface area contributed by atoms with Gasteiger partial charge in [-0.2, -0.15) is 0 Å². The van der Waals surface area contributed by atoms with Crippen molar-refractivity contribution >= 4 is 5.91 Å². The number of rotatable bonds is 4. The Morgan fingerprint density at radius 2 is 2.00 bits per heavy atom. The van der Waals surface area contributed by atoms with Crippen molar-refractivity contribution < 1.29 is 9.53 Å². The van der Waals surface area contributed by atoms with E-state index in [4.69, 9.17) is 4.74 Å². The highest BCUT2D eigenvalue weighted by Gasteiger charge is 2.29. The number of amides is 1. The number of piperazine rings is 1. The summed E-state index contributed by atoms with van der Waals surface area (Å²) in [4.78, 5) is 24.8. The Labute approximate surface area is 148 Å². The van der Waals surface area contributed by atoms with Gasteiger partial charge in [-0.25, -0.2) is 9.97 Å². The second-order valence-corrected chi connectivity index (χ2v) is 6.32. The van der Waals surface area contributed by atoms with Crippen LogP contribution in [0.25, 0.3) is 0 Å². The zero-order chi connectivity index (χ0) is 17.8. The first kappa shape index (κ1) is 17.4. The molecule has 0 spiro atoms. The van der Waals surface area contributed by atoms with Crippen LogP contribution in [0.1, 0.15) is 30.0 Å². The maximum atomic E-state index is 11.9. The summed E-state index contributed by atoms with van der Waals surface area (Å²) in [6.07, 6.45) is 1.80. The number of hydrogen-bond donors (Lipinski definition) is 0. The topological polar surface area (TPSA) is 58.6 Å². The Bertz CT molecular complexity index is 732. The van der Waals surface area contributed by atoms with Crippen LogP contribution < -0.4 is 4.74 Å². The normalized spacial score (nSPS) is 18.2. The number of carbonyl (C=O) groups excluding carboxylic acids is 1. The summed E-state index contributed by atoms with van der Waals surface area (Å²) in [5, 5.41) is 0. The third-order valence-corrected chi connectivity index (χ3v) is 4.64. The van der Waals surface area contributed by atoms with Crippen molar-refractivity contribution in [2.24, 2.45) is 0 Å². The van der Waals surface area contributed by atoms with Gasteiger partial charge in [-0.15, -0.1) is 0 Å². The van der Waals surface area contributed by atoms with Crippen molar-refractivity contribution in [3.63, 3.8) is 0 Å². The number of carbonyl (C=O) groups is 1. The molecule has 1 atom stereocenters. The largest absolute Gasteiger partial charge is 0.497 e. The molecule has 0 radical (unpaired) electrons. The van der Waals surface area contributed by atoms with E-state index in [9.17, 15) is 4.79 Å². The summed E-state index contributed by atoms with van der Waals surface area (Å²) >= 11 is 0. The standard InChI is InChI=1S/C19H24N4O2/c1-14-20-9-8-17(21-14)12-23-11-10-22(15(2)24)13-19(23)16-4-6-18(25-3)7-5-16/h4-9,19H,10-13H2,1-3H3. The molecule has 0 N–H and O–H groups in total. The summed E-state index contributed by atoms with van der Waals surface area (Å²) in [7, 11) is 1.66. The monoisotopic (exact) mass is 340 g/mol. The SMILES string of the molecule is COc1ccc(C2CN(C(C)=O)CCN2Cc2ccnc(C)n2)cc1. The Hall–Kier alpha value is -2.47. The van der Waals surface area contributed by atoms with Gasteiger partial charge in [0.25, 0.3) is 0 Å². The van der Waals surface area contributed by atoms with Crippen molar-refractivity contribution in [1.82, 2.24) is 19.8 Å². The Balaban J connectivity index is 1.84. The molecule has 6 heteroatoms. The fraction of sp³-hybridized carbons (Fsp3) is 0.421. The van der Waals surface area contributed by atoms with Crippen molar-refractivity contribution in [1.29, 1.82) is 0 Å². The first-order valence-electron chi connectivity index (χ1n) is 8.49. The molecule has 1 fully saturated rings. The number of methoxy groups -OCH3 is 1. The number of ether oxygens (including phenoxy) is 1. The average molecular weight is 340 g/mol. The molecule has 6 nitrogen and oxygen atoms in total. The van der Waals surface area contributed by atoms with Crippen molar-refractivity contribution in [3.8, 4) is 5.75 Å². The van der Waals surface area contributed by atoms with E-state index >= 15 is 0 Å². The fourth-order valence-electron chi connectivity index (χ4n) is 3.24. The maximum absolute atomic E-state index is 11.9. The summed E-state index contributed by atoms with van der Waals surface area (Å²) in [6, 6.07) is 10.2. The molecular formula is C19H24N4O2. The van der Waals surface area contributed by atoms with Gasteiger partial charge in [0.15, 0.2) is 0 Å². The van der Waals surface area contributed by atoms with Gasteiger partial charge in [-0.05, 0) is 30.7 Å². The highest BCUT2D eigenvalue weighted by molar-refractivity contribution is 5.73. The van der Waals surface area contributed by atoms with E-state index in [1.54, 1.807) is 20.2 Å². The maximum Gasteiger partial charge on any atom is 0.219 e. The zero-order valence-electron chi connectivity index (χ0n) is 15.0. The van der Waals surface area contributed by atoms with E-state index in [1.807, 2.05) is 30.0 Å². The van der Waals surface area contributed by atoms with E-state index in [-0.39, 0.29) is 11.9 Å². The fourth-order valence-corrected chi connectivity index (χ4v) is 3.24. The first-order chi connectivity index (χ1) is 12.1. The molecule has 0 saturated carbocycles. The van der Waals surface area contributed by atoms with E-state index in [0.29, 0.717) is 6.54 Å². The third-order valence-electron chi connectivity index (χ3n) is 4.64.